The first-order valence-electron chi connectivity index (χ1n) is 9.28. The summed E-state index contributed by atoms with van der Waals surface area (Å²) in [4.78, 5) is 13.0. The number of ketones is 1. The van der Waals surface area contributed by atoms with Crippen molar-refractivity contribution in [2.24, 2.45) is 5.92 Å². The molecular formula is C18H23ClN4O4S. The highest BCUT2D eigenvalue weighted by Gasteiger charge is 2.27. The van der Waals surface area contributed by atoms with E-state index in [0.29, 0.717) is 12.1 Å². The Morgan fingerprint density at radius 2 is 1.96 bits per heavy atom. The van der Waals surface area contributed by atoms with Crippen LogP contribution >= 0.6 is 11.6 Å². The Morgan fingerprint density at radius 1 is 1.25 bits per heavy atom. The van der Waals surface area contributed by atoms with Gasteiger partial charge in [0.15, 0.2) is 21.4 Å². The SMILES string of the molecule is CS(=O)(=O)c1ccc(C(=O)C2CCCCCC2)c(Cl)c1OCCn1cnnn1. The number of tetrazole rings is 1. The summed E-state index contributed by atoms with van der Waals surface area (Å²) in [6.45, 7) is 0.418. The highest BCUT2D eigenvalue weighted by atomic mass is 35.5. The monoisotopic (exact) mass is 426 g/mol. The Balaban J connectivity index is 1.88. The van der Waals surface area contributed by atoms with Crippen molar-refractivity contribution in [1.82, 2.24) is 20.2 Å². The molecule has 0 amide bonds. The highest BCUT2D eigenvalue weighted by Crippen LogP contribution is 2.37. The van der Waals surface area contributed by atoms with Gasteiger partial charge in [-0.15, -0.1) is 5.10 Å². The van der Waals surface area contributed by atoms with E-state index in [1.165, 1.54) is 23.1 Å². The predicted molar refractivity (Wildman–Crippen MR) is 103 cm³/mol. The molecule has 1 saturated carbocycles. The Hall–Kier alpha value is -2.00. The van der Waals surface area contributed by atoms with Gasteiger partial charge < -0.3 is 4.74 Å². The maximum absolute atomic E-state index is 13.0. The van der Waals surface area contributed by atoms with E-state index in [9.17, 15) is 13.2 Å². The van der Waals surface area contributed by atoms with Gasteiger partial charge in [0, 0.05) is 17.7 Å². The van der Waals surface area contributed by atoms with Gasteiger partial charge in [0.1, 0.15) is 17.8 Å². The van der Waals surface area contributed by atoms with Crippen molar-refractivity contribution < 1.29 is 17.9 Å². The van der Waals surface area contributed by atoms with Crippen molar-refractivity contribution >= 4 is 27.2 Å². The zero-order valence-electron chi connectivity index (χ0n) is 15.7. The van der Waals surface area contributed by atoms with Gasteiger partial charge >= 0.3 is 0 Å². The van der Waals surface area contributed by atoms with E-state index in [0.717, 1.165) is 44.8 Å². The van der Waals surface area contributed by atoms with Crippen LogP contribution in [0.25, 0.3) is 0 Å². The van der Waals surface area contributed by atoms with Crippen LogP contribution < -0.4 is 4.74 Å². The fourth-order valence-corrected chi connectivity index (χ4v) is 4.62. The minimum atomic E-state index is -3.58. The molecule has 0 spiro atoms. The summed E-state index contributed by atoms with van der Waals surface area (Å²) in [5.41, 5.74) is 0.318. The number of sulfone groups is 1. The molecule has 152 valence electrons. The molecule has 0 radical (unpaired) electrons. The molecule has 0 aliphatic heterocycles. The zero-order valence-corrected chi connectivity index (χ0v) is 17.2. The van der Waals surface area contributed by atoms with Crippen LogP contribution in [-0.4, -0.2) is 47.3 Å². The number of Topliss-reactive ketones (excluding diaryl/α,β-unsaturated/α-hetero) is 1. The molecule has 1 fully saturated rings. The lowest BCUT2D eigenvalue weighted by Crippen LogP contribution is -2.16. The molecule has 0 saturated heterocycles. The normalized spacial score (nSPS) is 15.9. The fraction of sp³-hybridized carbons (Fsp3) is 0.556. The Labute approximate surface area is 169 Å². The largest absolute Gasteiger partial charge is 0.489 e. The number of nitrogens with zero attached hydrogens (tertiary/aromatic N) is 4. The molecule has 8 nitrogen and oxygen atoms in total. The lowest BCUT2D eigenvalue weighted by atomic mass is 9.91. The standard InChI is InChI=1S/C18H23ClN4O4S/c1-28(25,26)15-9-8-14(17(24)13-6-4-2-3-5-7-13)16(19)18(15)27-11-10-23-12-20-21-22-23/h8-9,12-13H,2-7,10-11H2,1H3. The van der Waals surface area contributed by atoms with Gasteiger partial charge in [0.2, 0.25) is 0 Å². The molecule has 1 aliphatic rings. The third-order valence-corrected chi connectivity index (χ3v) is 6.41. The number of hydrogen-bond donors (Lipinski definition) is 0. The van der Waals surface area contributed by atoms with Gasteiger partial charge in [0.25, 0.3) is 0 Å². The molecule has 1 aromatic heterocycles. The smallest absolute Gasteiger partial charge is 0.179 e. The van der Waals surface area contributed by atoms with E-state index in [2.05, 4.69) is 15.5 Å². The van der Waals surface area contributed by atoms with Gasteiger partial charge in [-0.05, 0) is 35.4 Å². The maximum Gasteiger partial charge on any atom is 0.179 e. The Bertz CT molecular complexity index is 923. The van der Waals surface area contributed by atoms with Gasteiger partial charge in [0.05, 0.1) is 11.6 Å². The van der Waals surface area contributed by atoms with Crippen LogP contribution in [0.2, 0.25) is 5.02 Å². The summed E-state index contributed by atoms with van der Waals surface area (Å²) in [6.07, 6.45) is 8.48. The molecule has 3 rings (SSSR count). The van der Waals surface area contributed by atoms with Crippen LogP contribution in [0.4, 0.5) is 0 Å². The molecule has 1 aliphatic carbocycles. The quantitative estimate of drug-likeness (QED) is 0.495. The first-order chi connectivity index (χ1) is 13.4. The molecule has 0 bridgehead atoms. The molecule has 0 atom stereocenters. The van der Waals surface area contributed by atoms with Crippen molar-refractivity contribution in [3.05, 3.63) is 29.0 Å². The van der Waals surface area contributed by atoms with Gasteiger partial charge in [-0.2, -0.15) is 0 Å². The molecule has 28 heavy (non-hydrogen) atoms. The summed E-state index contributed by atoms with van der Waals surface area (Å²) in [5, 5.41) is 10.8. The van der Waals surface area contributed by atoms with E-state index in [1.54, 1.807) is 0 Å². The molecule has 0 unspecified atom stereocenters. The molecular weight excluding hydrogens is 404 g/mol. The number of carbonyl (C=O) groups is 1. The summed E-state index contributed by atoms with van der Waals surface area (Å²) in [6, 6.07) is 2.90. The average Bonchev–Trinajstić information content (AvgIpc) is 3.01. The third-order valence-electron chi connectivity index (χ3n) is 4.91. The van der Waals surface area contributed by atoms with E-state index in [1.807, 2.05) is 0 Å². The van der Waals surface area contributed by atoms with Crippen molar-refractivity contribution in [2.45, 2.75) is 50.0 Å². The van der Waals surface area contributed by atoms with Gasteiger partial charge in [-0.3, -0.25) is 4.79 Å². The molecule has 1 aromatic carbocycles. The van der Waals surface area contributed by atoms with E-state index < -0.39 is 9.84 Å². The lowest BCUT2D eigenvalue weighted by Gasteiger charge is -2.17. The predicted octanol–water partition coefficient (Wildman–Crippen LogP) is 2.96. The summed E-state index contributed by atoms with van der Waals surface area (Å²) in [7, 11) is -3.58. The summed E-state index contributed by atoms with van der Waals surface area (Å²) < 4.78 is 31.5. The van der Waals surface area contributed by atoms with Gasteiger partial charge in [-0.1, -0.05) is 37.3 Å². The number of rotatable bonds is 7. The highest BCUT2D eigenvalue weighted by molar-refractivity contribution is 7.90. The van der Waals surface area contributed by atoms with Crippen LogP contribution in [0.15, 0.2) is 23.4 Å². The number of aromatic nitrogens is 4. The number of hydrogen-bond acceptors (Lipinski definition) is 7. The second-order valence-corrected chi connectivity index (χ2v) is 9.36. The Morgan fingerprint density at radius 3 is 2.57 bits per heavy atom. The topological polar surface area (TPSA) is 104 Å². The third kappa shape index (κ3) is 4.88. The second kappa shape index (κ2) is 9.00. The number of ether oxygens (including phenoxy) is 1. The van der Waals surface area contributed by atoms with E-state index in [-0.39, 0.29) is 34.0 Å². The van der Waals surface area contributed by atoms with Crippen molar-refractivity contribution in [2.75, 3.05) is 12.9 Å². The second-order valence-electron chi connectivity index (χ2n) is 7.00. The molecule has 0 N–H and O–H groups in total. The van der Waals surface area contributed by atoms with Crippen LogP contribution in [0.3, 0.4) is 0 Å². The molecule has 10 heteroatoms. The number of halogens is 1. The van der Waals surface area contributed by atoms with Crippen LogP contribution in [-0.2, 0) is 16.4 Å². The summed E-state index contributed by atoms with van der Waals surface area (Å²) >= 11 is 6.48. The van der Waals surface area contributed by atoms with Crippen LogP contribution in [0.1, 0.15) is 48.9 Å². The van der Waals surface area contributed by atoms with Crippen LogP contribution in [0.5, 0.6) is 5.75 Å². The van der Waals surface area contributed by atoms with Crippen molar-refractivity contribution in [1.29, 1.82) is 0 Å². The van der Waals surface area contributed by atoms with Crippen molar-refractivity contribution in [3.8, 4) is 5.75 Å². The van der Waals surface area contributed by atoms with E-state index >= 15 is 0 Å². The van der Waals surface area contributed by atoms with Crippen molar-refractivity contribution in [3.63, 3.8) is 0 Å². The minimum Gasteiger partial charge on any atom is -0.489 e. The Kier molecular flexibility index (Phi) is 6.66. The molecule has 1 heterocycles. The number of carbonyl (C=O) groups excluding carboxylic acids is 1. The lowest BCUT2D eigenvalue weighted by molar-refractivity contribution is 0.0907. The van der Waals surface area contributed by atoms with E-state index in [4.69, 9.17) is 16.3 Å². The molecule has 2 aromatic rings. The van der Waals surface area contributed by atoms with Crippen LogP contribution in [0, 0.1) is 5.92 Å². The minimum absolute atomic E-state index is 0.0108. The number of benzene rings is 1. The zero-order chi connectivity index (χ0) is 20.1. The summed E-state index contributed by atoms with van der Waals surface area (Å²) in [5.74, 6) is -0.118. The first-order valence-corrected chi connectivity index (χ1v) is 11.5. The fourth-order valence-electron chi connectivity index (χ4n) is 3.44. The van der Waals surface area contributed by atoms with Gasteiger partial charge in [-0.25, -0.2) is 13.1 Å². The average molecular weight is 427 g/mol. The maximum atomic E-state index is 13.0. The first kappa shape index (κ1) is 20.7.